The Morgan fingerprint density at radius 1 is 1.19 bits per heavy atom. The SMILES string of the molecule is Cc1cc(N2CCO[C@@H](c3ccc(Cl)c(Cl)c3)C2)ncn1. The molecule has 1 fully saturated rings. The average Bonchev–Trinajstić information content (AvgIpc) is 2.50. The molecule has 1 aromatic heterocycles. The predicted molar refractivity (Wildman–Crippen MR) is 84.1 cm³/mol. The second-order valence-corrected chi connectivity index (χ2v) is 5.81. The van der Waals surface area contributed by atoms with Crippen molar-refractivity contribution < 1.29 is 4.74 Å². The number of hydrogen-bond donors (Lipinski definition) is 0. The number of benzene rings is 1. The van der Waals surface area contributed by atoms with Gasteiger partial charge in [-0.25, -0.2) is 9.97 Å². The summed E-state index contributed by atoms with van der Waals surface area (Å²) in [4.78, 5) is 10.7. The van der Waals surface area contributed by atoms with Crippen molar-refractivity contribution in [1.82, 2.24) is 9.97 Å². The molecule has 1 aliphatic rings. The fourth-order valence-corrected chi connectivity index (χ4v) is 2.69. The largest absolute Gasteiger partial charge is 0.370 e. The highest BCUT2D eigenvalue weighted by Gasteiger charge is 2.23. The van der Waals surface area contributed by atoms with E-state index in [1.807, 2.05) is 25.1 Å². The van der Waals surface area contributed by atoms with Crippen LogP contribution in [0.3, 0.4) is 0 Å². The van der Waals surface area contributed by atoms with E-state index in [4.69, 9.17) is 27.9 Å². The lowest BCUT2D eigenvalue weighted by Crippen LogP contribution is -2.38. The molecule has 0 unspecified atom stereocenters. The molecule has 110 valence electrons. The zero-order valence-corrected chi connectivity index (χ0v) is 13.1. The molecule has 4 nitrogen and oxygen atoms in total. The van der Waals surface area contributed by atoms with Crippen LogP contribution in [0.1, 0.15) is 17.4 Å². The minimum atomic E-state index is -0.0382. The lowest BCUT2D eigenvalue weighted by Gasteiger charge is -2.34. The maximum atomic E-state index is 6.09. The van der Waals surface area contributed by atoms with E-state index < -0.39 is 0 Å². The van der Waals surface area contributed by atoms with Gasteiger partial charge >= 0.3 is 0 Å². The first-order chi connectivity index (χ1) is 10.1. The molecule has 1 saturated heterocycles. The van der Waals surface area contributed by atoms with E-state index in [1.54, 1.807) is 12.4 Å². The lowest BCUT2D eigenvalue weighted by atomic mass is 10.1. The van der Waals surface area contributed by atoms with Gasteiger partial charge in [0.15, 0.2) is 0 Å². The van der Waals surface area contributed by atoms with Crippen LogP contribution in [0.2, 0.25) is 10.0 Å². The number of halogens is 2. The van der Waals surface area contributed by atoms with Crippen LogP contribution in [-0.2, 0) is 4.74 Å². The number of hydrogen-bond acceptors (Lipinski definition) is 4. The normalized spacial score (nSPS) is 18.8. The molecule has 0 saturated carbocycles. The van der Waals surface area contributed by atoms with Gasteiger partial charge in [-0.05, 0) is 24.6 Å². The summed E-state index contributed by atoms with van der Waals surface area (Å²) in [5.41, 5.74) is 1.98. The summed E-state index contributed by atoms with van der Waals surface area (Å²) in [6, 6.07) is 7.60. The van der Waals surface area contributed by atoms with Crippen LogP contribution in [0, 0.1) is 6.92 Å². The van der Waals surface area contributed by atoms with Crippen molar-refractivity contribution in [2.24, 2.45) is 0 Å². The summed E-state index contributed by atoms with van der Waals surface area (Å²) in [5.74, 6) is 0.927. The van der Waals surface area contributed by atoms with Crippen LogP contribution in [-0.4, -0.2) is 29.7 Å². The van der Waals surface area contributed by atoms with E-state index >= 15 is 0 Å². The molecule has 6 heteroatoms. The van der Waals surface area contributed by atoms with Crippen molar-refractivity contribution in [2.75, 3.05) is 24.6 Å². The molecular weight excluding hydrogens is 309 g/mol. The molecule has 0 spiro atoms. The topological polar surface area (TPSA) is 38.2 Å². The minimum Gasteiger partial charge on any atom is -0.370 e. The van der Waals surface area contributed by atoms with Crippen molar-refractivity contribution in [1.29, 1.82) is 0 Å². The third kappa shape index (κ3) is 3.28. The summed E-state index contributed by atoms with van der Waals surface area (Å²) in [6.45, 7) is 4.15. The molecular formula is C15H15Cl2N3O. The average molecular weight is 324 g/mol. The fraction of sp³-hybridized carbons (Fsp3) is 0.333. The second-order valence-electron chi connectivity index (χ2n) is 5.00. The van der Waals surface area contributed by atoms with E-state index in [0.717, 1.165) is 30.2 Å². The molecule has 1 aromatic carbocycles. The Labute approximate surface area is 133 Å². The molecule has 1 aliphatic heterocycles. The fourth-order valence-electron chi connectivity index (χ4n) is 2.39. The first-order valence-corrected chi connectivity index (χ1v) is 7.49. The molecule has 0 aliphatic carbocycles. The van der Waals surface area contributed by atoms with Gasteiger partial charge in [0.05, 0.1) is 16.7 Å². The molecule has 2 aromatic rings. The van der Waals surface area contributed by atoms with E-state index in [0.29, 0.717) is 16.7 Å². The highest BCUT2D eigenvalue weighted by molar-refractivity contribution is 6.42. The Hall–Kier alpha value is -1.36. The van der Waals surface area contributed by atoms with Gasteiger partial charge in [0.1, 0.15) is 18.2 Å². The van der Waals surface area contributed by atoms with Gasteiger partial charge in [-0.2, -0.15) is 0 Å². The number of aryl methyl sites for hydroxylation is 1. The Balaban J connectivity index is 1.80. The molecule has 0 radical (unpaired) electrons. The van der Waals surface area contributed by atoms with Gasteiger partial charge in [-0.1, -0.05) is 29.3 Å². The Morgan fingerprint density at radius 2 is 2.05 bits per heavy atom. The highest BCUT2D eigenvalue weighted by Crippen LogP contribution is 2.30. The Morgan fingerprint density at radius 3 is 2.81 bits per heavy atom. The van der Waals surface area contributed by atoms with Gasteiger partial charge in [-0.3, -0.25) is 0 Å². The van der Waals surface area contributed by atoms with Crippen LogP contribution in [0.25, 0.3) is 0 Å². The molecule has 3 rings (SSSR count). The summed E-state index contributed by atoms with van der Waals surface area (Å²) < 4.78 is 5.85. The van der Waals surface area contributed by atoms with Crippen LogP contribution in [0.5, 0.6) is 0 Å². The number of aromatic nitrogens is 2. The maximum Gasteiger partial charge on any atom is 0.132 e. The summed E-state index contributed by atoms with van der Waals surface area (Å²) in [7, 11) is 0. The first-order valence-electron chi connectivity index (χ1n) is 6.73. The monoisotopic (exact) mass is 323 g/mol. The number of anilines is 1. The molecule has 0 amide bonds. The lowest BCUT2D eigenvalue weighted by molar-refractivity contribution is 0.0395. The molecule has 1 atom stereocenters. The van der Waals surface area contributed by atoms with Gasteiger partial charge in [0.2, 0.25) is 0 Å². The summed E-state index contributed by atoms with van der Waals surface area (Å²) in [5, 5.41) is 1.10. The predicted octanol–water partition coefficient (Wildman–Crippen LogP) is 3.67. The minimum absolute atomic E-state index is 0.0382. The van der Waals surface area contributed by atoms with Crippen molar-refractivity contribution in [3.05, 3.63) is 51.9 Å². The zero-order valence-electron chi connectivity index (χ0n) is 11.6. The van der Waals surface area contributed by atoms with E-state index in [-0.39, 0.29) is 6.10 Å². The smallest absolute Gasteiger partial charge is 0.132 e. The number of rotatable bonds is 2. The zero-order chi connectivity index (χ0) is 14.8. The number of morpholine rings is 1. The standard InChI is InChI=1S/C15H15Cl2N3O/c1-10-6-15(19-9-18-10)20-4-5-21-14(8-20)11-2-3-12(16)13(17)7-11/h2-3,6-7,9,14H,4-5,8H2,1H3/t14-/m1/s1. The van der Waals surface area contributed by atoms with E-state index in [1.165, 1.54) is 0 Å². The quantitative estimate of drug-likeness (QED) is 0.845. The van der Waals surface area contributed by atoms with Crippen LogP contribution in [0.4, 0.5) is 5.82 Å². The van der Waals surface area contributed by atoms with Crippen molar-refractivity contribution in [3.63, 3.8) is 0 Å². The second kappa shape index (κ2) is 6.18. The van der Waals surface area contributed by atoms with Gasteiger partial charge in [0, 0.05) is 24.8 Å². The first kappa shape index (κ1) is 14.6. The molecule has 0 N–H and O–H groups in total. The highest BCUT2D eigenvalue weighted by atomic mass is 35.5. The summed E-state index contributed by atoms with van der Waals surface area (Å²) >= 11 is 12.0. The number of ether oxygens (including phenoxy) is 1. The molecule has 21 heavy (non-hydrogen) atoms. The Kier molecular flexibility index (Phi) is 4.29. The van der Waals surface area contributed by atoms with Gasteiger partial charge in [-0.15, -0.1) is 0 Å². The maximum absolute atomic E-state index is 6.09. The van der Waals surface area contributed by atoms with E-state index in [9.17, 15) is 0 Å². The van der Waals surface area contributed by atoms with Crippen LogP contribution < -0.4 is 4.90 Å². The van der Waals surface area contributed by atoms with Crippen LogP contribution in [0.15, 0.2) is 30.6 Å². The Bertz CT molecular complexity index is 651. The van der Waals surface area contributed by atoms with Crippen molar-refractivity contribution >= 4 is 29.0 Å². The summed E-state index contributed by atoms with van der Waals surface area (Å²) in [6.07, 6.45) is 1.55. The molecule has 0 bridgehead atoms. The number of nitrogens with zero attached hydrogens (tertiary/aromatic N) is 3. The van der Waals surface area contributed by atoms with E-state index in [2.05, 4.69) is 14.9 Å². The van der Waals surface area contributed by atoms with Gasteiger partial charge < -0.3 is 9.64 Å². The third-order valence-electron chi connectivity index (χ3n) is 3.50. The van der Waals surface area contributed by atoms with Crippen molar-refractivity contribution in [3.8, 4) is 0 Å². The molecule has 2 heterocycles. The van der Waals surface area contributed by atoms with Gasteiger partial charge in [0.25, 0.3) is 0 Å². The third-order valence-corrected chi connectivity index (χ3v) is 4.23. The van der Waals surface area contributed by atoms with Crippen molar-refractivity contribution in [2.45, 2.75) is 13.0 Å². The van der Waals surface area contributed by atoms with Crippen LogP contribution >= 0.6 is 23.2 Å².